The Bertz CT molecular complexity index is 860. The lowest BCUT2D eigenvalue weighted by Crippen LogP contribution is -2.48. The van der Waals surface area contributed by atoms with E-state index >= 15 is 0 Å². The van der Waals surface area contributed by atoms with Gasteiger partial charge in [-0.05, 0) is 23.1 Å². The summed E-state index contributed by atoms with van der Waals surface area (Å²) >= 11 is 0. The lowest BCUT2D eigenvalue weighted by molar-refractivity contribution is -0.214. The van der Waals surface area contributed by atoms with Crippen LogP contribution in [0.4, 0.5) is 13.2 Å². The first-order chi connectivity index (χ1) is 12.9. The molecule has 2 aromatic rings. The molecule has 6 heteroatoms. The Hall–Kier alpha value is -2.86. The second kappa shape index (κ2) is 7.40. The number of hydrogen-bond acceptors (Lipinski definition) is 2. The van der Waals surface area contributed by atoms with Crippen LogP contribution in [-0.2, 0) is 4.79 Å². The van der Waals surface area contributed by atoms with Gasteiger partial charge >= 0.3 is 6.18 Å². The normalized spacial score (nSPS) is 20.7. The Kier molecular flexibility index (Phi) is 5.19. The maximum atomic E-state index is 14.4. The predicted octanol–water partition coefficient (Wildman–Crippen LogP) is 4.87. The summed E-state index contributed by atoms with van der Waals surface area (Å²) in [4.78, 5) is 12.4. The molecule has 0 spiro atoms. The van der Waals surface area contributed by atoms with Gasteiger partial charge in [-0.2, -0.15) is 13.2 Å². The monoisotopic (exact) mass is 373 g/mol. The van der Waals surface area contributed by atoms with Gasteiger partial charge in [0.05, 0.1) is 5.92 Å². The zero-order chi connectivity index (χ0) is 19.5. The number of carbonyl (C=O) groups is 1. The second-order valence-corrected chi connectivity index (χ2v) is 6.45. The number of amides is 1. The fourth-order valence-electron chi connectivity index (χ4n) is 3.57. The van der Waals surface area contributed by atoms with E-state index in [9.17, 15) is 18.0 Å². The van der Waals surface area contributed by atoms with E-state index in [0.29, 0.717) is 11.1 Å². The first-order valence-corrected chi connectivity index (χ1v) is 8.38. The van der Waals surface area contributed by atoms with E-state index in [0.717, 1.165) is 6.08 Å². The van der Waals surface area contributed by atoms with Gasteiger partial charge in [0.15, 0.2) is 0 Å². The molecule has 0 heterocycles. The highest BCUT2D eigenvalue weighted by atomic mass is 19.4. The van der Waals surface area contributed by atoms with Gasteiger partial charge in [0.1, 0.15) is 5.41 Å². The molecule has 0 aromatic heterocycles. The molecule has 2 unspecified atom stereocenters. The van der Waals surface area contributed by atoms with Gasteiger partial charge in [0.25, 0.3) is 5.91 Å². The average molecular weight is 373 g/mol. The van der Waals surface area contributed by atoms with Crippen molar-refractivity contribution in [3.63, 3.8) is 0 Å². The Morgan fingerprint density at radius 2 is 1.63 bits per heavy atom. The van der Waals surface area contributed by atoms with Gasteiger partial charge in [-0.1, -0.05) is 78.9 Å². The van der Waals surface area contributed by atoms with E-state index in [1.165, 1.54) is 23.7 Å². The number of allylic oxidation sites excluding steroid dienone is 4. The number of hydrogen-bond donors (Lipinski definition) is 2. The summed E-state index contributed by atoms with van der Waals surface area (Å²) < 4.78 is 43.1. The highest BCUT2D eigenvalue weighted by molar-refractivity contribution is 5.85. The van der Waals surface area contributed by atoms with Crippen LogP contribution in [0.3, 0.4) is 0 Å². The maximum Gasteiger partial charge on any atom is 0.399 e. The molecule has 27 heavy (non-hydrogen) atoms. The van der Waals surface area contributed by atoms with Crippen LogP contribution in [0, 0.1) is 5.41 Å². The van der Waals surface area contributed by atoms with E-state index < -0.39 is 29.8 Å². The third-order valence-electron chi connectivity index (χ3n) is 4.87. The number of nitrogens with one attached hydrogen (secondary N) is 1. The standard InChI is InChI=1S/C21H18F3NO2/c22-21(23,24)20(18(19(26)25-27)16-10-5-2-6-11-16)13-7-12-17(14-20)15-8-3-1-4-9-15/h1-13,18,27H,14H2,(H,25,26). The van der Waals surface area contributed by atoms with Crippen molar-refractivity contribution in [2.24, 2.45) is 5.41 Å². The summed E-state index contributed by atoms with van der Waals surface area (Å²) in [7, 11) is 0. The van der Waals surface area contributed by atoms with Crippen LogP contribution in [-0.4, -0.2) is 17.3 Å². The van der Waals surface area contributed by atoms with E-state index in [-0.39, 0.29) is 5.56 Å². The molecule has 1 aliphatic carbocycles. The first kappa shape index (κ1) is 18.9. The number of carbonyl (C=O) groups excluding carboxylic acids is 1. The fourth-order valence-corrected chi connectivity index (χ4v) is 3.57. The molecule has 0 saturated heterocycles. The molecule has 1 amide bonds. The highest BCUT2D eigenvalue weighted by Crippen LogP contribution is 2.56. The number of hydroxylamine groups is 1. The molecule has 0 radical (unpaired) electrons. The highest BCUT2D eigenvalue weighted by Gasteiger charge is 2.60. The van der Waals surface area contributed by atoms with Crippen molar-refractivity contribution in [2.75, 3.05) is 0 Å². The SMILES string of the molecule is O=C(NO)C(c1ccccc1)C1(C(F)(F)F)C=CC=C(c2ccccc2)C1. The molecule has 2 N–H and O–H groups in total. The number of benzene rings is 2. The molecule has 140 valence electrons. The van der Waals surface area contributed by atoms with Crippen molar-refractivity contribution in [2.45, 2.75) is 18.5 Å². The number of halogens is 3. The van der Waals surface area contributed by atoms with Crippen molar-refractivity contribution in [3.05, 3.63) is 90.0 Å². The molecule has 1 aliphatic rings. The minimum atomic E-state index is -4.72. The zero-order valence-corrected chi connectivity index (χ0v) is 14.3. The number of alkyl halides is 3. The van der Waals surface area contributed by atoms with Crippen molar-refractivity contribution < 1.29 is 23.2 Å². The second-order valence-electron chi connectivity index (χ2n) is 6.45. The van der Waals surface area contributed by atoms with Crippen LogP contribution in [0.15, 0.2) is 78.9 Å². The minimum absolute atomic E-state index is 0.181. The van der Waals surface area contributed by atoms with Crippen LogP contribution in [0.2, 0.25) is 0 Å². The van der Waals surface area contributed by atoms with E-state index in [4.69, 9.17) is 5.21 Å². The van der Waals surface area contributed by atoms with Crippen molar-refractivity contribution in [1.29, 1.82) is 0 Å². The Morgan fingerprint density at radius 3 is 2.19 bits per heavy atom. The van der Waals surface area contributed by atoms with Crippen molar-refractivity contribution in [3.8, 4) is 0 Å². The summed E-state index contributed by atoms with van der Waals surface area (Å²) in [5.74, 6) is -2.73. The Morgan fingerprint density at radius 1 is 1.04 bits per heavy atom. The first-order valence-electron chi connectivity index (χ1n) is 8.38. The third kappa shape index (κ3) is 3.53. The van der Waals surface area contributed by atoms with Crippen LogP contribution < -0.4 is 5.48 Å². The topological polar surface area (TPSA) is 49.3 Å². The molecular weight excluding hydrogens is 355 g/mol. The molecular formula is C21H18F3NO2. The molecule has 0 bridgehead atoms. The van der Waals surface area contributed by atoms with E-state index in [1.54, 1.807) is 54.6 Å². The molecule has 0 saturated carbocycles. The zero-order valence-electron chi connectivity index (χ0n) is 14.3. The van der Waals surface area contributed by atoms with Crippen LogP contribution in [0.1, 0.15) is 23.5 Å². The Balaban J connectivity index is 2.14. The summed E-state index contributed by atoms with van der Waals surface area (Å²) in [5.41, 5.74) is 0.249. The third-order valence-corrected chi connectivity index (χ3v) is 4.87. The van der Waals surface area contributed by atoms with Crippen LogP contribution in [0.5, 0.6) is 0 Å². The van der Waals surface area contributed by atoms with Gasteiger partial charge < -0.3 is 0 Å². The molecule has 0 aliphatic heterocycles. The van der Waals surface area contributed by atoms with Crippen LogP contribution >= 0.6 is 0 Å². The van der Waals surface area contributed by atoms with E-state index in [2.05, 4.69) is 0 Å². The quantitative estimate of drug-likeness (QED) is 0.594. The smallest absolute Gasteiger partial charge is 0.289 e. The largest absolute Gasteiger partial charge is 0.399 e. The van der Waals surface area contributed by atoms with Gasteiger partial charge in [0, 0.05) is 0 Å². The molecule has 3 nitrogen and oxygen atoms in total. The summed E-state index contributed by atoms with van der Waals surface area (Å²) in [6.45, 7) is 0. The van der Waals surface area contributed by atoms with E-state index in [1.807, 2.05) is 0 Å². The summed E-state index contributed by atoms with van der Waals surface area (Å²) in [6, 6.07) is 16.5. The Labute approximate surface area is 154 Å². The molecule has 0 fully saturated rings. The van der Waals surface area contributed by atoms with Gasteiger partial charge in [-0.25, -0.2) is 5.48 Å². The molecule has 3 rings (SSSR count). The lowest BCUT2D eigenvalue weighted by atomic mass is 9.65. The minimum Gasteiger partial charge on any atom is -0.289 e. The predicted molar refractivity (Wildman–Crippen MR) is 95.8 cm³/mol. The van der Waals surface area contributed by atoms with Crippen molar-refractivity contribution >= 4 is 11.5 Å². The summed E-state index contributed by atoms with van der Waals surface area (Å²) in [6.07, 6.45) is -1.15. The molecule has 2 atom stereocenters. The number of rotatable bonds is 4. The average Bonchev–Trinajstić information content (AvgIpc) is 2.69. The maximum absolute atomic E-state index is 14.4. The molecule has 2 aromatic carbocycles. The lowest BCUT2D eigenvalue weighted by Gasteiger charge is -2.41. The summed E-state index contributed by atoms with van der Waals surface area (Å²) in [5, 5.41) is 9.15. The van der Waals surface area contributed by atoms with Crippen LogP contribution in [0.25, 0.3) is 5.57 Å². The van der Waals surface area contributed by atoms with Crippen molar-refractivity contribution in [1.82, 2.24) is 5.48 Å². The fraction of sp³-hybridized carbons (Fsp3) is 0.190. The van der Waals surface area contributed by atoms with Gasteiger partial charge in [-0.15, -0.1) is 0 Å². The van der Waals surface area contributed by atoms with Gasteiger partial charge in [-0.3, -0.25) is 10.0 Å². The van der Waals surface area contributed by atoms with Gasteiger partial charge in [0.2, 0.25) is 0 Å².